The average molecular weight is 276 g/mol. The van der Waals surface area contributed by atoms with E-state index in [1.54, 1.807) is 11.0 Å². The highest BCUT2D eigenvalue weighted by Gasteiger charge is 2.15. The molecule has 0 aliphatic rings. The lowest BCUT2D eigenvalue weighted by Crippen LogP contribution is -2.43. The van der Waals surface area contributed by atoms with Crippen molar-refractivity contribution in [2.45, 2.75) is 12.8 Å². The second kappa shape index (κ2) is 7.85. The predicted molar refractivity (Wildman–Crippen MR) is 70.8 cm³/mol. The molecule has 98 valence electrons. The smallest absolute Gasteiger partial charge is 0.293 e. The SMILES string of the molecule is N#CCCN(CCC#N)C(=S)NC(=O)c1ccco1. The summed E-state index contributed by atoms with van der Waals surface area (Å²) in [4.78, 5) is 13.3. The zero-order valence-electron chi connectivity index (χ0n) is 10.1. The van der Waals surface area contributed by atoms with E-state index in [1.807, 2.05) is 12.1 Å². The topological polar surface area (TPSA) is 93.1 Å². The molecule has 0 fully saturated rings. The van der Waals surface area contributed by atoms with Crippen LogP contribution >= 0.6 is 12.2 Å². The van der Waals surface area contributed by atoms with Crippen LogP contribution in [-0.4, -0.2) is 29.0 Å². The first-order valence-corrected chi connectivity index (χ1v) is 5.97. The summed E-state index contributed by atoms with van der Waals surface area (Å²) in [6, 6.07) is 7.11. The largest absolute Gasteiger partial charge is 0.459 e. The van der Waals surface area contributed by atoms with Crippen LogP contribution in [0.2, 0.25) is 0 Å². The first-order valence-electron chi connectivity index (χ1n) is 5.56. The summed E-state index contributed by atoms with van der Waals surface area (Å²) in [7, 11) is 0. The second-order valence-electron chi connectivity index (χ2n) is 3.54. The maximum Gasteiger partial charge on any atom is 0.293 e. The van der Waals surface area contributed by atoms with E-state index < -0.39 is 5.91 Å². The van der Waals surface area contributed by atoms with Crippen molar-refractivity contribution in [3.63, 3.8) is 0 Å². The third-order valence-electron chi connectivity index (χ3n) is 2.24. The van der Waals surface area contributed by atoms with Crippen LogP contribution < -0.4 is 5.32 Å². The van der Waals surface area contributed by atoms with E-state index in [2.05, 4.69) is 5.32 Å². The van der Waals surface area contributed by atoms with Crippen molar-refractivity contribution >= 4 is 23.2 Å². The molecule has 0 aliphatic heterocycles. The van der Waals surface area contributed by atoms with Gasteiger partial charge in [0.1, 0.15) is 0 Å². The first kappa shape index (κ1) is 14.7. The lowest BCUT2D eigenvalue weighted by atomic mass is 10.3. The lowest BCUT2D eigenvalue weighted by Gasteiger charge is -2.22. The summed E-state index contributed by atoms with van der Waals surface area (Å²) < 4.78 is 4.94. The van der Waals surface area contributed by atoms with E-state index in [-0.39, 0.29) is 23.7 Å². The van der Waals surface area contributed by atoms with E-state index in [1.165, 1.54) is 12.3 Å². The molecule has 0 saturated carbocycles. The van der Waals surface area contributed by atoms with Gasteiger partial charge in [0, 0.05) is 13.1 Å². The van der Waals surface area contributed by atoms with Gasteiger partial charge in [0.2, 0.25) is 0 Å². The van der Waals surface area contributed by atoms with E-state index in [0.717, 1.165) is 0 Å². The van der Waals surface area contributed by atoms with Crippen LogP contribution in [0.15, 0.2) is 22.8 Å². The minimum absolute atomic E-state index is 0.155. The van der Waals surface area contributed by atoms with Gasteiger partial charge in [-0.3, -0.25) is 10.1 Å². The molecule has 1 aromatic rings. The second-order valence-corrected chi connectivity index (χ2v) is 3.93. The molecule has 1 rings (SSSR count). The third kappa shape index (κ3) is 4.78. The summed E-state index contributed by atoms with van der Waals surface area (Å²) in [5, 5.41) is 19.8. The molecule has 6 nitrogen and oxygen atoms in total. The minimum atomic E-state index is -0.450. The van der Waals surface area contributed by atoms with Crippen LogP contribution in [0.4, 0.5) is 0 Å². The van der Waals surface area contributed by atoms with Crippen LogP contribution in [0.5, 0.6) is 0 Å². The quantitative estimate of drug-likeness (QED) is 0.818. The number of hydrogen-bond donors (Lipinski definition) is 1. The molecule has 0 radical (unpaired) electrons. The summed E-state index contributed by atoms with van der Waals surface area (Å²) in [5.74, 6) is -0.295. The molecule has 0 aromatic carbocycles. The molecular weight excluding hydrogens is 264 g/mol. The fourth-order valence-corrected chi connectivity index (χ4v) is 1.61. The molecule has 0 unspecified atom stereocenters. The predicted octanol–water partition coefficient (Wildman–Crippen LogP) is 1.42. The highest BCUT2D eigenvalue weighted by Crippen LogP contribution is 2.01. The summed E-state index contributed by atoms with van der Waals surface area (Å²) in [6.45, 7) is 0.741. The van der Waals surface area contributed by atoms with Gasteiger partial charge in [-0.05, 0) is 24.4 Å². The molecule has 1 amide bonds. The Balaban J connectivity index is 2.58. The summed E-state index contributed by atoms with van der Waals surface area (Å²) >= 11 is 5.09. The molecular formula is C12H12N4O2S. The molecule has 1 aromatic heterocycles. The minimum Gasteiger partial charge on any atom is -0.459 e. The first-order chi connectivity index (χ1) is 9.19. The van der Waals surface area contributed by atoms with Crippen molar-refractivity contribution in [1.29, 1.82) is 10.5 Å². The molecule has 0 bridgehead atoms. The Kier molecular flexibility index (Phi) is 6.07. The van der Waals surface area contributed by atoms with Gasteiger partial charge in [0.15, 0.2) is 10.9 Å². The fraction of sp³-hybridized carbons (Fsp3) is 0.333. The van der Waals surface area contributed by atoms with Crippen LogP contribution in [-0.2, 0) is 0 Å². The zero-order chi connectivity index (χ0) is 14.1. The average Bonchev–Trinajstić information content (AvgIpc) is 2.92. The number of nitriles is 2. The zero-order valence-corrected chi connectivity index (χ0v) is 10.9. The Bertz CT molecular complexity index is 495. The van der Waals surface area contributed by atoms with E-state index in [9.17, 15) is 4.79 Å². The Morgan fingerprint density at radius 3 is 2.47 bits per heavy atom. The van der Waals surface area contributed by atoms with E-state index in [0.29, 0.717) is 13.1 Å². The Labute approximate surface area is 116 Å². The van der Waals surface area contributed by atoms with Gasteiger partial charge < -0.3 is 9.32 Å². The van der Waals surface area contributed by atoms with Crippen LogP contribution in [0, 0.1) is 22.7 Å². The van der Waals surface area contributed by atoms with E-state index in [4.69, 9.17) is 27.2 Å². The Hall–Kier alpha value is -2.38. The van der Waals surface area contributed by atoms with Crippen molar-refractivity contribution in [3.8, 4) is 12.1 Å². The molecule has 1 N–H and O–H groups in total. The van der Waals surface area contributed by atoms with Gasteiger partial charge in [-0.2, -0.15) is 10.5 Å². The van der Waals surface area contributed by atoms with Gasteiger partial charge in [-0.25, -0.2) is 0 Å². The number of amides is 1. The highest BCUT2D eigenvalue weighted by molar-refractivity contribution is 7.80. The maximum absolute atomic E-state index is 11.7. The van der Waals surface area contributed by atoms with Crippen LogP contribution in [0.25, 0.3) is 0 Å². The molecule has 19 heavy (non-hydrogen) atoms. The molecule has 0 aliphatic carbocycles. The van der Waals surface area contributed by atoms with Crippen LogP contribution in [0.3, 0.4) is 0 Å². The monoisotopic (exact) mass is 276 g/mol. The molecule has 0 atom stereocenters. The number of nitrogens with zero attached hydrogens (tertiary/aromatic N) is 3. The van der Waals surface area contributed by atoms with Gasteiger partial charge in [0.25, 0.3) is 5.91 Å². The molecule has 1 heterocycles. The summed E-state index contributed by atoms with van der Waals surface area (Å²) in [5.41, 5.74) is 0. The standard InChI is InChI=1S/C12H12N4O2S/c13-5-2-7-16(8-3-6-14)12(19)15-11(17)10-4-1-9-18-10/h1,4,9H,2-3,7-8H2,(H,15,17,19). The van der Waals surface area contributed by atoms with Gasteiger partial charge >= 0.3 is 0 Å². The fourth-order valence-electron chi connectivity index (χ4n) is 1.33. The molecule has 0 spiro atoms. The highest BCUT2D eigenvalue weighted by atomic mass is 32.1. The van der Waals surface area contributed by atoms with Gasteiger partial charge in [0.05, 0.1) is 31.2 Å². The Morgan fingerprint density at radius 2 is 2.00 bits per heavy atom. The van der Waals surface area contributed by atoms with Gasteiger partial charge in [-0.15, -0.1) is 0 Å². The van der Waals surface area contributed by atoms with Crippen molar-refractivity contribution < 1.29 is 9.21 Å². The number of thiocarbonyl (C=S) groups is 1. The van der Waals surface area contributed by atoms with Crippen molar-refractivity contribution in [1.82, 2.24) is 10.2 Å². The summed E-state index contributed by atoms with van der Waals surface area (Å²) in [6.07, 6.45) is 1.92. The van der Waals surface area contributed by atoms with Crippen LogP contribution in [0.1, 0.15) is 23.4 Å². The number of hydrogen-bond acceptors (Lipinski definition) is 5. The van der Waals surface area contributed by atoms with Crippen molar-refractivity contribution in [3.05, 3.63) is 24.2 Å². The number of carbonyl (C=O) groups excluding carboxylic acids is 1. The van der Waals surface area contributed by atoms with Gasteiger partial charge in [-0.1, -0.05) is 0 Å². The van der Waals surface area contributed by atoms with Crippen molar-refractivity contribution in [2.75, 3.05) is 13.1 Å². The molecule has 7 heteroatoms. The number of carbonyl (C=O) groups is 1. The third-order valence-corrected chi connectivity index (χ3v) is 2.60. The molecule has 0 saturated heterocycles. The Morgan fingerprint density at radius 1 is 1.37 bits per heavy atom. The van der Waals surface area contributed by atoms with E-state index >= 15 is 0 Å². The lowest BCUT2D eigenvalue weighted by molar-refractivity contribution is 0.0946. The number of furan rings is 1. The maximum atomic E-state index is 11.7. The van der Waals surface area contributed by atoms with Crippen molar-refractivity contribution in [2.24, 2.45) is 0 Å². The number of rotatable bonds is 5. The normalized spacial score (nSPS) is 9.16. The number of nitrogens with one attached hydrogen (secondary N) is 1.